The van der Waals surface area contributed by atoms with Crippen LogP contribution < -0.4 is 0 Å². The molecule has 1 fully saturated rings. The third kappa shape index (κ3) is 3.44. The average molecular weight is 217 g/mol. The third-order valence-electron chi connectivity index (χ3n) is 2.87. The molecule has 1 N–H and O–H groups in total. The van der Waals surface area contributed by atoms with Crippen LogP contribution in [0.1, 0.15) is 12.8 Å². The molecular weight excluding hydrogens is 198 g/mol. The maximum Gasteiger partial charge on any atom is 0.323 e. The third-order valence-corrected chi connectivity index (χ3v) is 2.87. The van der Waals surface area contributed by atoms with E-state index >= 15 is 0 Å². The van der Waals surface area contributed by atoms with Gasteiger partial charge in [0.25, 0.3) is 0 Å². The van der Waals surface area contributed by atoms with Crippen molar-refractivity contribution in [2.45, 2.75) is 24.9 Å². The maximum atomic E-state index is 11.0. The van der Waals surface area contributed by atoms with Crippen LogP contribution in [0, 0.1) is 0 Å². The van der Waals surface area contributed by atoms with E-state index in [0.717, 1.165) is 12.8 Å². The number of aliphatic carboxylic acids is 1. The van der Waals surface area contributed by atoms with Crippen LogP contribution in [0.2, 0.25) is 0 Å². The number of ether oxygens (including phenoxy) is 2. The van der Waals surface area contributed by atoms with Crippen LogP contribution in [0.3, 0.4) is 0 Å². The molecule has 0 saturated carbocycles. The number of rotatable bonds is 5. The van der Waals surface area contributed by atoms with E-state index < -0.39 is 12.0 Å². The van der Waals surface area contributed by atoms with Crippen LogP contribution in [0.15, 0.2) is 0 Å². The first kappa shape index (κ1) is 12.4. The highest BCUT2D eigenvalue weighted by atomic mass is 16.5. The molecule has 1 aliphatic heterocycles. The van der Waals surface area contributed by atoms with Crippen LogP contribution in [0.25, 0.3) is 0 Å². The van der Waals surface area contributed by atoms with Crippen molar-refractivity contribution in [3.05, 3.63) is 0 Å². The number of hydrogen-bond donors (Lipinski definition) is 1. The minimum atomic E-state index is -0.828. The van der Waals surface area contributed by atoms with Gasteiger partial charge in [-0.25, -0.2) is 0 Å². The van der Waals surface area contributed by atoms with Crippen molar-refractivity contribution in [2.75, 3.05) is 34.0 Å². The number of carbonyl (C=O) groups is 1. The first-order valence-electron chi connectivity index (χ1n) is 5.18. The zero-order chi connectivity index (χ0) is 11.3. The summed E-state index contributed by atoms with van der Waals surface area (Å²) in [6, 6.07) is -0.270. The Morgan fingerprint density at radius 1 is 1.60 bits per heavy atom. The second-order valence-electron chi connectivity index (χ2n) is 3.82. The van der Waals surface area contributed by atoms with Crippen LogP contribution >= 0.6 is 0 Å². The fourth-order valence-electron chi connectivity index (χ4n) is 1.87. The fraction of sp³-hybridized carbons (Fsp3) is 0.900. The fourth-order valence-corrected chi connectivity index (χ4v) is 1.87. The van der Waals surface area contributed by atoms with Crippen molar-refractivity contribution in [1.82, 2.24) is 4.90 Å². The Morgan fingerprint density at radius 3 is 2.67 bits per heavy atom. The van der Waals surface area contributed by atoms with Crippen molar-refractivity contribution in [3.8, 4) is 0 Å². The smallest absolute Gasteiger partial charge is 0.323 e. The van der Waals surface area contributed by atoms with Crippen molar-refractivity contribution in [3.63, 3.8) is 0 Å². The number of hydrogen-bond acceptors (Lipinski definition) is 4. The van der Waals surface area contributed by atoms with Gasteiger partial charge in [0.05, 0.1) is 6.61 Å². The maximum absolute atomic E-state index is 11.0. The van der Waals surface area contributed by atoms with Crippen LogP contribution in [-0.4, -0.2) is 62.0 Å². The van der Waals surface area contributed by atoms with Crippen LogP contribution in [0.4, 0.5) is 0 Å². The molecule has 0 spiro atoms. The number of carboxylic acid groups (broad SMARTS) is 1. The average Bonchev–Trinajstić information content (AvgIpc) is 2.26. The first-order chi connectivity index (χ1) is 7.16. The molecular formula is C10H19NO4. The Bertz CT molecular complexity index is 204. The Kier molecular flexibility index (Phi) is 5.01. The summed E-state index contributed by atoms with van der Waals surface area (Å²) in [4.78, 5) is 12.9. The molecule has 1 saturated heterocycles. The minimum absolute atomic E-state index is 0.225. The zero-order valence-electron chi connectivity index (χ0n) is 9.31. The lowest BCUT2D eigenvalue weighted by molar-refractivity contribution is -0.146. The number of methoxy groups -OCH3 is 1. The lowest BCUT2D eigenvalue weighted by atomic mass is 10.1. The topological polar surface area (TPSA) is 59.0 Å². The van der Waals surface area contributed by atoms with Gasteiger partial charge in [-0.1, -0.05) is 0 Å². The van der Waals surface area contributed by atoms with Gasteiger partial charge in [-0.2, -0.15) is 0 Å². The molecule has 5 heteroatoms. The molecule has 1 aliphatic rings. The van der Waals surface area contributed by atoms with Gasteiger partial charge in [-0.15, -0.1) is 0 Å². The predicted molar refractivity (Wildman–Crippen MR) is 54.9 cm³/mol. The summed E-state index contributed by atoms with van der Waals surface area (Å²) in [6.45, 7) is 1.66. The quantitative estimate of drug-likeness (QED) is 0.712. The number of nitrogens with zero attached hydrogens (tertiary/aromatic N) is 1. The monoisotopic (exact) mass is 217 g/mol. The largest absolute Gasteiger partial charge is 0.480 e. The summed E-state index contributed by atoms with van der Waals surface area (Å²) in [5.41, 5.74) is 0. The van der Waals surface area contributed by atoms with Gasteiger partial charge in [-0.05, 0) is 19.9 Å². The van der Waals surface area contributed by atoms with Gasteiger partial charge in [0, 0.05) is 26.4 Å². The van der Waals surface area contributed by atoms with E-state index in [1.165, 1.54) is 7.11 Å². The Labute approximate surface area is 90.0 Å². The van der Waals surface area contributed by atoms with Gasteiger partial charge < -0.3 is 14.6 Å². The molecule has 0 aliphatic carbocycles. The molecule has 88 valence electrons. The van der Waals surface area contributed by atoms with Gasteiger partial charge in [0.1, 0.15) is 6.04 Å². The first-order valence-corrected chi connectivity index (χ1v) is 5.18. The highest BCUT2D eigenvalue weighted by Crippen LogP contribution is 2.15. The van der Waals surface area contributed by atoms with E-state index in [4.69, 9.17) is 14.6 Å². The van der Waals surface area contributed by atoms with Crippen molar-refractivity contribution in [2.24, 2.45) is 0 Å². The van der Waals surface area contributed by atoms with Crippen molar-refractivity contribution in [1.29, 1.82) is 0 Å². The molecule has 0 aromatic rings. The predicted octanol–water partition coefficient (Wildman–Crippen LogP) is 0.197. The zero-order valence-corrected chi connectivity index (χ0v) is 9.31. The lowest BCUT2D eigenvalue weighted by Gasteiger charge is -2.34. The van der Waals surface area contributed by atoms with E-state index in [2.05, 4.69) is 0 Å². The number of likely N-dealkylation sites (N-methyl/N-ethyl adjacent to an activating group) is 1. The summed E-state index contributed by atoms with van der Waals surface area (Å²) < 4.78 is 10.2. The molecule has 5 nitrogen and oxygen atoms in total. The molecule has 15 heavy (non-hydrogen) atoms. The highest BCUT2D eigenvalue weighted by Gasteiger charge is 2.29. The Balaban J connectivity index is 2.53. The molecule has 1 unspecified atom stereocenters. The number of carboxylic acids is 1. The summed E-state index contributed by atoms with van der Waals surface area (Å²) >= 11 is 0. The normalized spacial score (nSPS) is 20.5. The molecule has 0 amide bonds. The second-order valence-corrected chi connectivity index (χ2v) is 3.82. The highest BCUT2D eigenvalue weighted by molar-refractivity contribution is 5.73. The van der Waals surface area contributed by atoms with Crippen molar-refractivity contribution >= 4 is 5.97 Å². The molecule has 1 rings (SSSR count). The molecule has 1 heterocycles. The van der Waals surface area contributed by atoms with E-state index in [-0.39, 0.29) is 12.6 Å². The van der Waals surface area contributed by atoms with E-state index in [1.807, 2.05) is 11.9 Å². The summed E-state index contributed by atoms with van der Waals surface area (Å²) in [5, 5.41) is 9.05. The summed E-state index contributed by atoms with van der Waals surface area (Å²) in [6.07, 6.45) is 1.79. The molecule has 1 atom stereocenters. The van der Waals surface area contributed by atoms with E-state index in [9.17, 15) is 4.79 Å². The summed E-state index contributed by atoms with van der Waals surface area (Å²) in [7, 11) is 3.36. The van der Waals surface area contributed by atoms with Gasteiger partial charge in [0.15, 0.2) is 0 Å². The molecule has 0 aromatic carbocycles. The summed E-state index contributed by atoms with van der Waals surface area (Å²) in [5.74, 6) is -0.828. The molecule has 0 radical (unpaired) electrons. The minimum Gasteiger partial charge on any atom is -0.480 e. The van der Waals surface area contributed by atoms with E-state index in [0.29, 0.717) is 13.2 Å². The molecule has 0 aromatic heterocycles. The van der Waals surface area contributed by atoms with Gasteiger partial charge in [-0.3, -0.25) is 9.69 Å². The SMILES string of the molecule is COCC(C(=O)O)N(C)C1CCOCC1. The van der Waals surface area contributed by atoms with Gasteiger partial charge >= 0.3 is 5.97 Å². The standard InChI is InChI=1S/C10H19NO4/c1-11(8-3-5-15-6-4-8)9(7-14-2)10(12)13/h8-9H,3-7H2,1-2H3,(H,12,13). The van der Waals surface area contributed by atoms with Crippen molar-refractivity contribution < 1.29 is 19.4 Å². The Morgan fingerprint density at radius 2 is 2.20 bits per heavy atom. The molecule has 0 bridgehead atoms. The van der Waals surface area contributed by atoms with E-state index in [1.54, 1.807) is 0 Å². The van der Waals surface area contributed by atoms with Crippen LogP contribution in [0.5, 0.6) is 0 Å². The second kappa shape index (κ2) is 6.05. The van der Waals surface area contributed by atoms with Gasteiger partial charge in [0.2, 0.25) is 0 Å². The lowest BCUT2D eigenvalue weighted by Crippen LogP contribution is -2.49. The van der Waals surface area contributed by atoms with Crippen LogP contribution in [-0.2, 0) is 14.3 Å². The Hall–Kier alpha value is -0.650.